The maximum atomic E-state index is 13.5. The summed E-state index contributed by atoms with van der Waals surface area (Å²) in [5.74, 6) is -0.686. The molecule has 0 saturated carbocycles. The van der Waals surface area contributed by atoms with Crippen molar-refractivity contribution in [2.24, 2.45) is 0 Å². The highest BCUT2D eigenvalue weighted by Gasteiger charge is 2.49. The molecule has 2 saturated heterocycles. The zero-order valence-electron chi connectivity index (χ0n) is 20.0. The van der Waals surface area contributed by atoms with Gasteiger partial charge in [0.05, 0.1) is 17.1 Å². The number of amides is 3. The van der Waals surface area contributed by atoms with Crippen LogP contribution in [0.3, 0.4) is 0 Å². The summed E-state index contributed by atoms with van der Waals surface area (Å²) in [6.45, 7) is 3.29. The Morgan fingerprint density at radius 3 is 2.32 bits per heavy atom. The van der Waals surface area contributed by atoms with Gasteiger partial charge in [-0.15, -0.1) is 0 Å². The van der Waals surface area contributed by atoms with Crippen LogP contribution in [0.2, 0.25) is 5.02 Å². The third-order valence-corrected chi connectivity index (χ3v) is 8.58. The van der Waals surface area contributed by atoms with E-state index in [-0.39, 0.29) is 41.9 Å². The van der Waals surface area contributed by atoms with Crippen LogP contribution in [0, 0.1) is 0 Å². The Kier molecular flexibility index (Phi) is 7.30. The Morgan fingerprint density at radius 1 is 1.08 bits per heavy atom. The first-order valence-electron chi connectivity index (χ1n) is 11.5. The monoisotopic (exact) mass is 559 g/mol. The fraction of sp³-hybridized carbons (Fsp3) is 0.435. The number of anilines is 1. The van der Waals surface area contributed by atoms with Crippen LogP contribution in [0.15, 0.2) is 47.5 Å². The molecule has 2 aromatic rings. The first-order valence-corrected chi connectivity index (χ1v) is 13.3. The second kappa shape index (κ2) is 10.0. The highest BCUT2D eigenvalue weighted by atomic mass is 35.5. The number of pyridine rings is 1. The normalized spacial score (nSPS) is 19.2. The van der Waals surface area contributed by atoms with E-state index in [1.807, 2.05) is 0 Å². The van der Waals surface area contributed by atoms with Gasteiger partial charge in [-0.1, -0.05) is 23.7 Å². The van der Waals surface area contributed by atoms with Gasteiger partial charge in [0.15, 0.2) is 0 Å². The Labute approximate surface area is 217 Å². The Morgan fingerprint density at radius 2 is 1.73 bits per heavy atom. The molecule has 2 aliphatic rings. The van der Waals surface area contributed by atoms with Gasteiger partial charge < -0.3 is 14.7 Å². The molecule has 1 atom stereocenters. The molecule has 14 heteroatoms. The first kappa shape index (κ1) is 27.0. The van der Waals surface area contributed by atoms with Gasteiger partial charge >= 0.3 is 12.2 Å². The molecule has 0 radical (unpaired) electrons. The molecular weight excluding hydrogens is 535 g/mol. The third-order valence-electron chi connectivity index (χ3n) is 6.34. The number of alkyl halides is 3. The van der Waals surface area contributed by atoms with Crippen LogP contribution in [-0.4, -0.2) is 84.3 Å². The van der Waals surface area contributed by atoms with E-state index in [0.717, 1.165) is 6.07 Å². The van der Waals surface area contributed by atoms with Crippen molar-refractivity contribution in [3.8, 4) is 0 Å². The maximum Gasteiger partial charge on any atom is 0.419 e. The van der Waals surface area contributed by atoms with Crippen LogP contribution >= 0.6 is 11.6 Å². The fourth-order valence-corrected chi connectivity index (χ4v) is 6.42. The molecule has 200 valence electrons. The molecule has 9 nitrogen and oxygen atoms in total. The predicted molar refractivity (Wildman–Crippen MR) is 130 cm³/mol. The van der Waals surface area contributed by atoms with E-state index in [0.29, 0.717) is 4.31 Å². The summed E-state index contributed by atoms with van der Waals surface area (Å²) in [7, 11) is -4.33. The van der Waals surface area contributed by atoms with Gasteiger partial charge in [-0.3, -0.25) is 4.79 Å². The average Bonchev–Trinajstić information content (AvgIpc) is 3.21. The summed E-state index contributed by atoms with van der Waals surface area (Å²) in [5, 5.41) is -0.0509. The maximum absolute atomic E-state index is 13.5. The molecule has 3 heterocycles. The van der Waals surface area contributed by atoms with Gasteiger partial charge in [-0.05, 0) is 38.1 Å². The van der Waals surface area contributed by atoms with Crippen LogP contribution in [0.5, 0.6) is 0 Å². The first-order chi connectivity index (χ1) is 17.3. The molecular formula is C23H25ClF3N5O4S. The fourth-order valence-electron chi connectivity index (χ4n) is 4.56. The van der Waals surface area contributed by atoms with E-state index in [2.05, 4.69) is 4.98 Å². The van der Waals surface area contributed by atoms with Gasteiger partial charge in [0.25, 0.3) is 10.0 Å². The van der Waals surface area contributed by atoms with E-state index in [1.165, 1.54) is 45.2 Å². The number of nitrogens with zero attached hydrogens (tertiary/aromatic N) is 5. The second-order valence-corrected chi connectivity index (χ2v) is 11.2. The lowest BCUT2D eigenvalue weighted by atomic mass is 10.1. The molecule has 2 fully saturated rings. The number of hydrogen-bond donors (Lipinski definition) is 0. The molecule has 0 N–H and O–H groups in total. The minimum Gasteiger partial charge on any atom is -0.353 e. The lowest BCUT2D eigenvalue weighted by molar-refractivity contribution is -0.138. The molecule has 4 rings (SSSR count). The van der Waals surface area contributed by atoms with Crippen LogP contribution in [-0.2, 0) is 21.0 Å². The van der Waals surface area contributed by atoms with Crippen LogP contribution in [0.4, 0.5) is 23.8 Å². The van der Waals surface area contributed by atoms with Crippen molar-refractivity contribution in [3.05, 3.63) is 53.2 Å². The Bertz CT molecular complexity index is 1300. The lowest BCUT2D eigenvalue weighted by Gasteiger charge is -2.38. The molecule has 0 bridgehead atoms. The summed E-state index contributed by atoms with van der Waals surface area (Å²) in [4.78, 5) is 34.4. The van der Waals surface area contributed by atoms with Gasteiger partial charge in [0.1, 0.15) is 16.8 Å². The largest absolute Gasteiger partial charge is 0.419 e. The highest BCUT2D eigenvalue weighted by molar-refractivity contribution is 7.89. The third kappa shape index (κ3) is 5.06. The molecule has 2 aliphatic heterocycles. The Hall–Kier alpha value is -3.06. The summed E-state index contributed by atoms with van der Waals surface area (Å²) in [6, 6.07) is 5.47. The number of piperazine rings is 1. The number of carbonyl (C=O) groups excluding carboxylic acids is 2. The zero-order chi connectivity index (χ0) is 27.1. The van der Waals surface area contributed by atoms with Crippen molar-refractivity contribution in [3.63, 3.8) is 0 Å². The van der Waals surface area contributed by atoms with Gasteiger partial charge in [-0.2, -0.15) is 13.2 Å². The molecule has 1 aromatic carbocycles. The molecule has 3 amide bonds. The summed E-state index contributed by atoms with van der Waals surface area (Å²) < 4.78 is 67.4. The van der Waals surface area contributed by atoms with Crippen molar-refractivity contribution >= 4 is 39.4 Å². The lowest BCUT2D eigenvalue weighted by Crippen LogP contribution is -2.55. The minimum absolute atomic E-state index is 0.0509. The summed E-state index contributed by atoms with van der Waals surface area (Å²) >= 11 is 6.07. The van der Waals surface area contributed by atoms with Crippen LogP contribution < -0.4 is 4.90 Å². The standard InChI is InChI=1S/C23H25ClF3N5O4S/c1-15(2)32-18(14-31(22(32)34)37(35,36)19-8-4-3-7-17(19)24)21(33)30-12-10-29(11-13-30)20-16(23(25,26)27)6-5-9-28-20/h3-9,15,18H,10-14H2,1-2H3/t18-/m0/s1. The molecule has 1 aromatic heterocycles. The summed E-state index contributed by atoms with van der Waals surface area (Å²) in [6.07, 6.45) is -3.30. The average molecular weight is 560 g/mol. The zero-order valence-corrected chi connectivity index (χ0v) is 21.6. The van der Waals surface area contributed by atoms with E-state index >= 15 is 0 Å². The quantitative estimate of drug-likeness (QED) is 0.558. The van der Waals surface area contributed by atoms with Crippen molar-refractivity contribution in [2.75, 3.05) is 37.6 Å². The van der Waals surface area contributed by atoms with Crippen molar-refractivity contribution < 1.29 is 31.2 Å². The van der Waals surface area contributed by atoms with Crippen molar-refractivity contribution in [1.29, 1.82) is 0 Å². The SMILES string of the molecule is CC(C)N1C(=O)N(S(=O)(=O)c2ccccc2Cl)C[C@H]1C(=O)N1CCN(c2ncccc2C(F)(F)F)CC1. The number of sulfonamides is 1. The van der Waals surface area contributed by atoms with Gasteiger partial charge in [-0.25, -0.2) is 22.5 Å². The predicted octanol–water partition coefficient (Wildman–Crippen LogP) is 3.31. The van der Waals surface area contributed by atoms with Crippen molar-refractivity contribution in [2.45, 2.75) is 37.0 Å². The number of rotatable bonds is 5. The number of halogens is 4. The van der Waals surface area contributed by atoms with E-state index in [9.17, 15) is 31.2 Å². The van der Waals surface area contributed by atoms with Crippen LogP contribution in [0.25, 0.3) is 0 Å². The topological polar surface area (TPSA) is 94.1 Å². The van der Waals surface area contributed by atoms with Crippen LogP contribution in [0.1, 0.15) is 19.4 Å². The number of hydrogen-bond acceptors (Lipinski definition) is 6. The number of benzene rings is 1. The second-order valence-electron chi connectivity index (χ2n) is 8.95. The Balaban J connectivity index is 1.53. The van der Waals surface area contributed by atoms with Crippen molar-refractivity contribution in [1.82, 2.24) is 19.1 Å². The van der Waals surface area contributed by atoms with E-state index in [1.54, 1.807) is 19.9 Å². The molecule has 0 aliphatic carbocycles. The number of carbonyl (C=O) groups is 2. The number of urea groups is 1. The molecule has 0 unspecified atom stereocenters. The smallest absolute Gasteiger partial charge is 0.353 e. The van der Waals surface area contributed by atoms with E-state index < -0.39 is 52.3 Å². The van der Waals surface area contributed by atoms with Gasteiger partial charge in [0, 0.05) is 38.4 Å². The minimum atomic E-state index is -4.57. The summed E-state index contributed by atoms with van der Waals surface area (Å²) in [5.41, 5.74) is -0.859. The molecule has 37 heavy (non-hydrogen) atoms. The molecule has 0 spiro atoms. The van der Waals surface area contributed by atoms with E-state index in [4.69, 9.17) is 11.6 Å². The van der Waals surface area contributed by atoms with Gasteiger partial charge in [0.2, 0.25) is 5.91 Å². The number of aromatic nitrogens is 1. The highest BCUT2D eigenvalue weighted by Crippen LogP contribution is 2.36.